The Kier molecular flexibility index (Phi) is 6.87. The van der Waals surface area contributed by atoms with Crippen LogP contribution >= 0.6 is 0 Å². The van der Waals surface area contributed by atoms with E-state index in [0.29, 0.717) is 23.5 Å². The number of rotatable bonds is 9. The first-order chi connectivity index (χ1) is 11.2. The van der Waals surface area contributed by atoms with E-state index in [-0.39, 0.29) is 19.8 Å². The fraction of sp³-hybridized carbons (Fsp3) is 0.333. The number of para-hydroxylation sites is 1. The van der Waals surface area contributed by atoms with E-state index in [1.807, 2.05) is 30.3 Å². The molecule has 2 rings (SSSR count). The van der Waals surface area contributed by atoms with E-state index in [2.05, 4.69) is 0 Å². The molecule has 0 aliphatic heterocycles. The number of hydrogen-bond acceptors (Lipinski definition) is 5. The minimum atomic E-state index is -0.866. The summed E-state index contributed by atoms with van der Waals surface area (Å²) >= 11 is 0. The van der Waals surface area contributed by atoms with Gasteiger partial charge in [0.1, 0.15) is 30.3 Å². The molecular weight excluding hydrogens is 296 g/mol. The third-order valence-corrected chi connectivity index (χ3v) is 3.38. The van der Waals surface area contributed by atoms with Crippen molar-refractivity contribution in [1.29, 1.82) is 0 Å². The monoisotopic (exact) mass is 318 g/mol. The van der Waals surface area contributed by atoms with Gasteiger partial charge < -0.3 is 24.8 Å². The molecule has 0 heterocycles. The summed E-state index contributed by atoms with van der Waals surface area (Å²) in [6, 6.07) is 16.2. The Bertz CT molecular complexity index is 555. The number of aliphatic hydroxyl groups excluding tert-OH is 3. The lowest BCUT2D eigenvalue weighted by Gasteiger charge is -2.24. The molecule has 0 aromatic heterocycles. The third kappa shape index (κ3) is 5.25. The third-order valence-electron chi connectivity index (χ3n) is 3.38. The lowest BCUT2D eigenvalue weighted by Crippen LogP contribution is -2.26. The summed E-state index contributed by atoms with van der Waals surface area (Å²) < 4.78 is 11.1. The van der Waals surface area contributed by atoms with Crippen LogP contribution in [0.25, 0.3) is 0 Å². The Hall–Kier alpha value is -2.08. The normalized spacial score (nSPS) is 13.3. The SMILES string of the molecule is OCCOc1ccc([C@H](O)[C@H](CCO)Oc2ccccc2)cc1. The van der Waals surface area contributed by atoms with Crippen molar-refractivity contribution in [2.24, 2.45) is 0 Å². The zero-order chi connectivity index (χ0) is 16.5. The van der Waals surface area contributed by atoms with Crippen LogP contribution in [0.3, 0.4) is 0 Å². The molecule has 0 spiro atoms. The Labute approximate surface area is 135 Å². The van der Waals surface area contributed by atoms with Crippen molar-refractivity contribution in [3.8, 4) is 11.5 Å². The van der Waals surface area contributed by atoms with Crippen molar-refractivity contribution in [3.05, 3.63) is 60.2 Å². The molecule has 0 amide bonds. The minimum absolute atomic E-state index is 0.0478. The van der Waals surface area contributed by atoms with Crippen LogP contribution in [0, 0.1) is 0 Å². The van der Waals surface area contributed by atoms with Gasteiger partial charge in [0.15, 0.2) is 0 Å². The van der Waals surface area contributed by atoms with Gasteiger partial charge in [-0.3, -0.25) is 0 Å². The van der Waals surface area contributed by atoms with Crippen LogP contribution < -0.4 is 9.47 Å². The van der Waals surface area contributed by atoms with Gasteiger partial charge in [-0.1, -0.05) is 30.3 Å². The smallest absolute Gasteiger partial charge is 0.131 e. The van der Waals surface area contributed by atoms with Crippen LogP contribution in [0.5, 0.6) is 11.5 Å². The number of benzene rings is 2. The molecule has 2 aromatic carbocycles. The predicted octanol–water partition coefficient (Wildman–Crippen LogP) is 1.92. The van der Waals surface area contributed by atoms with Crippen LogP contribution in [-0.2, 0) is 0 Å². The average Bonchev–Trinajstić information content (AvgIpc) is 2.60. The molecule has 0 saturated carbocycles. The lowest BCUT2D eigenvalue weighted by atomic mass is 10.0. The summed E-state index contributed by atoms with van der Waals surface area (Å²) in [7, 11) is 0. The summed E-state index contributed by atoms with van der Waals surface area (Å²) in [5.41, 5.74) is 0.677. The molecule has 0 unspecified atom stereocenters. The van der Waals surface area contributed by atoms with E-state index in [4.69, 9.17) is 14.6 Å². The van der Waals surface area contributed by atoms with Gasteiger partial charge >= 0.3 is 0 Å². The molecule has 0 bridgehead atoms. The first kappa shape index (κ1) is 17.3. The molecule has 0 aliphatic rings. The summed E-state index contributed by atoms with van der Waals surface area (Å²) in [6.45, 7) is 0.103. The van der Waals surface area contributed by atoms with Gasteiger partial charge in [-0.2, -0.15) is 0 Å². The second-order valence-electron chi connectivity index (χ2n) is 5.07. The van der Waals surface area contributed by atoms with Crippen molar-refractivity contribution in [2.45, 2.75) is 18.6 Å². The Morgan fingerprint density at radius 1 is 0.826 bits per heavy atom. The van der Waals surface area contributed by atoms with Gasteiger partial charge in [0.05, 0.1) is 6.61 Å². The maximum Gasteiger partial charge on any atom is 0.131 e. The number of hydrogen-bond donors (Lipinski definition) is 3. The van der Waals surface area contributed by atoms with Crippen molar-refractivity contribution < 1.29 is 24.8 Å². The largest absolute Gasteiger partial charge is 0.491 e. The zero-order valence-electron chi connectivity index (χ0n) is 12.8. The molecule has 2 atom stereocenters. The van der Waals surface area contributed by atoms with E-state index >= 15 is 0 Å². The quantitative estimate of drug-likeness (QED) is 0.658. The maximum absolute atomic E-state index is 10.5. The average molecular weight is 318 g/mol. The number of aliphatic hydroxyl groups is 3. The fourth-order valence-corrected chi connectivity index (χ4v) is 2.22. The van der Waals surface area contributed by atoms with Crippen molar-refractivity contribution in [2.75, 3.05) is 19.8 Å². The highest BCUT2D eigenvalue weighted by Gasteiger charge is 2.22. The Balaban J connectivity index is 2.06. The van der Waals surface area contributed by atoms with E-state index in [1.165, 1.54) is 0 Å². The van der Waals surface area contributed by atoms with Crippen molar-refractivity contribution >= 4 is 0 Å². The molecule has 5 heteroatoms. The Morgan fingerprint density at radius 2 is 1.52 bits per heavy atom. The van der Waals surface area contributed by atoms with E-state index < -0.39 is 12.2 Å². The van der Waals surface area contributed by atoms with Gasteiger partial charge in [-0.25, -0.2) is 0 Å². The Morgan fingerprint density at radius 3 is 2.13 bits per heavy atom. The second-order valence-corrected chi connectivity index (χ2v) is 5.07. The highest BCUT2D eigenvalue weighted by atomic mass is 16.5. The van der Waals surface area contributed by atoms with Gasteiger partial charge in [0.2, 0.25) is 0 Å². The van der Waals surface area contributed by atoms with Crippen LogP contribution in [0.2, 0.25) is 0 Å². The molecule has 5 nitrogen and oxygen atoms in total. The first-order valence-corrected chi connectivity index (χ1v) is 7.59. The zero-order valence-corrected chi connectivity index (χ0v) is 12.8. The highest BCUT2D eigenvalue weighted by Crippen LogP contribution is 2.25. The topological polar surface area (TPSA) is 79.2 Å². The van der Waals surface area contributed by atoms with Crippen molar-refractivity contribution in [1.82, 2.24) is 0 Å². The molecule has 3 N–H and O–H groups in total. The van der Waals surface area contributed by atoms with Crippen LogP contribution in [0.1, 0.15) is 18.1 Å². The summed E-state index contributed by atoms with van der Waals surface area (Å²) in [6.07, 6.45) is -1.10. The first-order valence-electron chi connectivity index (χ1n) is 7.59. The molecule has 0 saturated heterocycles. The van der Waals surface area contributed by atoms with Gasteiger partial charge in [0.25, 0.3) is 0 Å². The number of ether oxygens (including phenoxy) is 2. The van der Waals surface area contributed by atoms with Gasteiger partial charge in [-0.05, 0) is 29.8 Å². The maximum atomic E-state index is 10.5. The molecule has 23 heavy (non-hydrogen) atoms. The van der Waals surface area contributed by atoms with Gasteiger partial charge in [0, 0.05) is 13.0 Å². The minimum Gasteiger partial charge on any atom is -0.491 e. The molecular formula is C18H22O5. The lowest BCUT2D eigenvalue weighted by molar-refractivity contribution is 0.0204. The van der Waals surface area contributed by atoms with E-state index in [1.54, 1.807) is 24.3 Å². The molecule has 124 valence electrons. The van der Waals surface area contributed by atoms with Crippen LogP contribution in [-0.4, -0.2) is 41.2 Å². The fourth-order valence-electron chi connectivity index (χ4n) is 2.22. The summed E-state index contributed by atoms with van der Waals surface area (Å²) in [5, 5.41) is 28.5. The van der Waals surface area contributed by atoms with E-state index in [9.17, 15) is 10.2 Å². The molecule has 0 radical (unpaired) electrons. The standard InChI is InChI=1S/C18H22O5/c19-11-10-17(23-16-4-2-1-3-5-16)18(21)14-6-8-15(9-7-14)22-13-12-20/h1-9,17-21H,10-13H2/t17-,18-/m0/s1. The van der Waals surface area contributed by atoms with Crippen LogP contribution in [0.15, 0.2) is 54.6 Å². The molecule has 0 fully saturated rings. The van der Waals surface area contributed by atoms with E-state index in [0.717, 1.165) is 0 Å². The highest BCUT2D eigenvalue weighted by molar-refractivity contribution is 5.29. The van der Waals surface area contributed by atoms with Crippen molar-refractivity contribution in [3.63, 3.8) is 0 Å². The molecule has 0 aliphatic carbocycles. The second kappa shape index (κ2) is 9.15. The summed E-state index contributed by atoms with van der Waals surface area (Å²) in [4.78, 5) is 0. The predicted molar refractivity (Wildman–Crippen MR) is 86.5 cm³/mol. The van der Waals surface area contributed by atoms with Crippen LogP contribution in [0.4, 0.5) is 0 Å². The molecule has 2 aromatic rings. The summed E-state index contributed by atoms with van der Waals surface area (Å²) in [5.74, 6) is 1.27. The van der Waals surface area contributed by atoms with Gasteiger partial charge in [-0.15, -0.1) is 0 Å².